The fourth-order valence-electron chi connectivity index (χ4n) is 1.37. The van der Waals surface area contributed by atoms with Crippen LogP contribution in [-0.4, -0.2) is 41.9 Å². The smallest absolute Gasteiger partial charge is 0.338 e. The largest absolute Gasteiger partial charge is 0.462 e. The Hall–Kier alpha value is -1.92. The Balaban J connectivity index is 2.66. The van der Waals surface area contributed by atoms with Gasteiger partial charge in [0.25, 0.3) is 0 Å². The highest BCUT2D eigenvalue weighted by atomic mass is 16.5. The highest BCUT2D eigenvalue weighted by Crippen LogP contribution is 2.12. The third-order valence-electron chi connectivity index (χ3n) is 2.48. The molecule has 1 rings (SSSR count). The Kier molecular flexibility index (Phi) is 5.98. The molecule has 0 fully saturated rings. The molecule has 0 aromatic heterocycles. The molecule has 0 radical (unpaired) electrons. The summed E-state index contributed by atoms with van der Waals surface area (Å²) in [6, 6.07) is 6.16. The van der Waals surface area contributed by atoms with Gasteiger partial charge in [-0.3, -0.25) is 4.79 Å². The van der Waals surface area contributed by atoms with Gasteiger partial charge in [0.05, 0.1) is 31.3 Å². The summed E-state index contributed by atoms with van der Waals surface area (Å²) in [5.74, 6) is -1.76. The van der Waals surface area contributed by atoms with Gasteiger partial charge < -0.3 is 20.3 Å². The Morgan fingerprint density at radius 3 is 2.26 bits per heavy atom. The van der Waals surface area contributed by atoms with Gasteiger partial charge in [-0.15, -0.1) is 0 Å². The number of amides is 1. The van der Waals surface area contributed by atoms with Crippen molar-refractivity contribution in [3.05, 3.63) is 29.8 Å². The zero-order valence-corrected chi connectivity index (χ0v) is 10.6. The third kappa shape index (κ3) is 4.35. The van der Waals surface area contributed by atoms with Gasteiger partial charge >= 0.3 is 5.97 Å². The number of anilines is 1. The van der Waals surface area contributed by atoms with Crippen LogP contribution in [0.5, 0.6) is 0 Å². The number of rotatable bonds is 6. The van der Waals surface area contributed by atoms with Gasteiger partial charge in [-0.25, -0.2) is 4.79 Å². The van der Waals surface area contributed by atoms with Crippen LogP contribution in [0, 0.1) is 5.92 Å². The van der Waals surface area contributed by atoms with E-state index in [2.05, 4.69) is 5.32 Å². The number of ether oxygens (including phenoxy) is 1. The first kappa shape index (κ1) is 15.1. The molecule has 6 heteroatoms. The van der Waals surface area contributed by atoms with Crippen LogP contribution < -0.4 is 5.32 Å². The molecule has 0 heterocycles. The minimum Gasteiger partial charge on any atom is -0.462 e. The second-order valence-electron chi connectivity index (χ2n) is 3.85. The third-order valence-corrected chi connectivity index (χ3v) is 2.48. The number of carbonyl (C=O) groups is 2. The topological polar surface area (TPSA) is 95.9 Å². The molecule has 19 heavy (non-hydrogen) atoms. The average molecular weight is 267 g/mol. The molecular formula is C13H17NO5. The van der Waals surface area contributed by atoms with Crippen LogP contribution in [0.2, 0.25) is 0 Å². The number of hydrogen-bond acceptors (Lipinski definition) is 5. The first-order valence-electron chi connectivity index (χ1n) is 5.92. The molecule has 1 aromatic rings. The Morgan fingerprint density at radius 1 is 1.21 bits per heavy atom. The molecule has 0 atom stereocenters. The van der Waals surface area contributed by atoms with E-state index in [4.69, 9.17) is 14.9 Å². The molecule has 0 unspecified atom stereocenters. The molecule has 104 valence electrons. The van der Waals surface area contributed by atoms with Gasteiger partial charge in [0.1, 0.15) is 0 Å². The summed E-state index contributed by atoms with van der Waals surface area (Å²) in [6.07, 6.45) is 0. The van der Waals surface area contributed by atoms with Crippen molar-refractivity contribution in [3.63, 3.8) is 0 Å². The van der Waals surface area contributed by atoms with Crippen LogP contribution in [0.1, 0.15) is 17.3 Å². The van der Waals surface area contributed by atoms with E-state index < -0.39 is 31.0 Å². The fraction of sp³-hybridized carbons (Fsp3) is 0.385. The average Bonchev–Trinajstić information content (AvgIpc) is 2.41. The molecule has 1 aromatic carbocycles. The molecule has 3 N–H and O–H groups in total. The van der Waals surface area contributed by atoms with E-state index in [0.717, 1.165) is 0 Å². The summed E-state index contributed by atoms with van der Waals surface area (Å²) in [4.78, 5) is 23.0. The number of esters is 1. The van der Waals surface area contributed by atoms with Crippen molar-refractivity contribution in [3.8, 4) is 0 Å². The first-order chi connectivity index (χ1) is 9.12. The predicted molar refractivity (Wildman–Crippen MR) is 68.7 cm³/mol. The summed E-state index contributed by atoms with van der Waals surface area (Å²) in [5, 5.41) is 20.3. The molecule has 0 bridgehead atoms. The maximum Gasteiger partial charge on any atom is 0.338 e. The number of nitrogens with one attached hydrogen (secondary N) is 1. The number of benzene rings is 1. The Labute approximate surface area is 111 Å². The number of aliphatic hydroxyl groups excluding tert-OH is 2. The zero-order chi connectivity index (χ0) is 14.3. The lowest BCUT2D eigenvalue weighted by Crippen LogP contribution is -2.28. The molecule has 6 nitrogen and oxygen atoms in total. The van der Waals surface area contributed by atoms with E-state index in [-0.39, 0.29) is 0 Å². The SMILES string of the molecule is CCOC(=O)c1ccc(NC(=O)C(CO)CO)cc1. The fourth-order valence-corrected chi connectivity index (χ4v) is 1.37. The summed E-state index contributed by atoms with van der Waals surface area (Å²) in [5.41, 5.74) is 0.866. The lowest BCUT2D eigenvalue weighted by Gasteiger charge is -2.11. The van der Waals surface area contributed by atoms with Gasteiger partial charge in [0.15, 0.2) is 0 Å². The number of carbonyl (C=O) groups excluding carboxylic acids is 2. The second-order valence-corrected chi connectivity index (χ2v) is 3.85. The van der Waals surface area contributed by atoms with Crippen molar-refractivity contribution in [1.29, 1.82) is 0 Å². The first-order valence-corrected chi connectivity index (χ1v) is 5.92. The minimum atomic E-state index is -0.857. The van der Waals surface area contributed by atoms with Gasteiger partial charge in [0.2, 0.25) is 5.91 Å². The summed E-state index contributed by atoms with van der Waals surface area (Å²) in [7, 11) is 0. The van der Waals surface area contributed by atoms with Crippen LogP contribution in [-0.2, 0) is 9.53 Å². The second kappa shape index (κ2) is 7.50. The molecule has 0 spiro atoms. The summed E-state index contributed by atoms with van der Waals surface area (Å²) in [6.45, 7) is 1.16. The highest BCUT2D eigenvalue weighted by Gasteiger charge is 2.16. The van der Waals surface area contributed by atoms with Gasteiger partial charge in [-0.2, -0.15) is 0 Å². The van der Waals surface area contributed by atoms with Gasteiger partial charge in [0, 0.05) is 5.69 Å². The van der Waals surface area contributed by atoms with Crippen LogP contribution in [0.25, 0.3) is 0 Å². The zero-order valence-electron chi connectivity index (χ0n) is 10.6. The predicted octanol–water partition coefficient (Wildman–Crippen LogP) is 0.403. The monoisotopic (exact) mass is 267 g/mol. The maximum absolute atomic E-state index is 11.6. The van der Waals surface area contributed by atoms with E-state index >= 15 is 0 Å². The number of hydrogen-bond donors (Lipinski definition) is 3. The molecule has 0 aliphatic carbocycles. The van der Waals surface area contributed by atoms with E-state index in [9.17, 15) is 9.59 Å². The summed E-state index contributed by atoms with van der Waals surface area (Å²) < 4.78 is 4.83. The van der Waals surface area contributed by atoms with Crippen molar-refractivity contribution < 1.29 is 24.5 Å². The quantitative estimate of drug-likeness (QED) is 0.648. The van der Waals surface area contributed by atoms with Crippen molar-refractivity contribution in [2.45, 2.75) is 6.92 Å². The molecule has 0 saturated carbocycles. The van der Waals surface area contributed by atoms with Crippen molar-refractivity contribution in [2.24, 2.45) is 5.92 Å². The molecule has 0 aliphatic rings. The maximum atomic E-state index is 11.6. The van der Waals surface area contributed by atoms with Crippen LogP contribution in [0.15, 0.2) is 24.3 Å². The van der Waals surface area contributed by atoms with E-state index in [1.807, 2.05) is 0 Å². The molecule has 1 amide bonds. The normalized spacial score (nSPS) is 10.3. The Bertz CT molecular complexity index is 425. The molecule has 0 saturated heterocycles. The number of aliphatic hydroxyl groups is 2. The highest BCUT2D eigenvalue weighted by molar-refractivity contribution is 5.94. The van der Waals surface area contributed by atoms with Crippen molar-refractivity contribution >= 4 is 17.6 Å². The van der Waals surface area contributed by atoms with E-state index in [0.29, 0.717) is 17.9 Å². The minimum absolute atomic E-state index is 0.298. The van der Waals surface area contributed by atoms with E-state index in [1.165, 1.54) is 12.1 Å². The Morgan fingerprint density at radius 2 is 1.79 bits per heavy atom. The lowest BCUT2D eigenvalue weighted by atomic mass is 10.1. The standard InChI is InChI=1S/C13H17NO5/c1-2-19-13(18)9-3-5-11(6-4-9)14-12(17)10(7-15)8-16/h3-6,10,15-16H,2,7-8H2,1H3,(H,14,17). The van der Waals surface area contributed by atoms with Gasteiger partial charge in [-0.1, -0.05) is 0 Å². The van der Waals surface area contributed by atoms with Crippen LogP contribution in [0.3, 0.4) is 0 Å². The summed E-state index contributed by atoms with van der Waals surface area (Å²) >= 11 is 0. The molecular weight excluding hydrogens is 250 g/mol. The van der Waals surface area contributed by atoms with Crippen LogP contribution in [0.4, 0.5) is 5.69 Å². The van der Waals surface area contributed by atoms with Crippen molar-refractivity contribution in [2.75, 3.05) is 25.1 Å². The van der Waals surface area contributed by atoms with Crippen molar-refractivity contribution in [1.82, 2.24) is 0 Å². The van der Waals surface area contributed by atoms with Gasteiger partial charge in [-0.05, 0) is 31.2 Å². The van der Waals surface area contributed by atoms with E-state index in [1.54, 1.807) is 19.1 Å². The molecule has 0 aliphatic heterocycles. The lowest BCUT2D eigenvalue weighted by molar-refractivity contribution is -0.122. The van der Waals surface area contributed by atoms with Crippen LogP contribution >= 0.6 is 0 Å².